The zero-order chi connectivity index (χ0) is 12.1. The van der Waals surface area contributed by atoms with Crippen molar-refractivity contribution in [3.8, 4) is 0 Å². The smallest absolute Gasteiger partial charge is 0.0828 e. The van der Waals surface area contributed by atoms with E-state index in [2.05, 4.69) is 16.7 Å². The highest BCUT2D eigenvalue weighted by Gasteiger charge is 2.23. The van der Waals surface area contributed by atoms with Gasteiger partial charge in [-0.25, -0.2) is 0 Å². The Morgan fingerprint density at radius 1 is 1.12 bits per heavy atom. The van der Waals surface area contributed by atoms with Crippen molar-refractivity contribution in [1.82, 2.24) is 9.80 Å². The number of hydrogen-bond donors (Lipinski definition) is 1. The number of ether oxygens (including phenoxy) is 1. The highest BCUT2D eigenvalue weighted by atomic mass is 16.5. The Morgan fingerprint density at radius 2 is 1.82 bits per heavy atom. The predicted octanol–water partition coefficient (Wildman–Crippen LogP) is 0.520. The third-order valence-corrected chi connectivity index (χ3v) is 3.81. The van der Waals surface area contributed by atoms with Crippen LogP contribution in [-0.4, -0.2) is 67.8 Å². The fourth-order valence-corrected chi connectivity index (χ4v) is 2.98. The summed E-state index contributed by atoms with van der Waals surface area (Å²) in [6.45, 7) is 9.95. The van der Waals surface area contributed by atoms with Crippen molar-refractivity contribution in [2.45, 2.75) is 38.4 Å². The zero-order valence-corrected chi connectivity index (χ0v) is 11.1. The fraction of sp³-hybridized carbons (Fsp3) is 1.00. The molecule has 4 nitrogen and oxygen atoms in total. The van der Waals surface area contributed by atoms with Gasteiger partial charge in [0.05, 0.1) is 12.2 Å². The first-order valence-electron chi connectivity index (χ1n) is 7.08. The zero-order valence-electron chi connectivity index (χ0n) is 11.1. The molecule has 0 radical (unpaired) electrons. The third-order valence-electron chi connectivity index (χ3n) is 3.81. The first-order valence-corrected chi connectivity index (χ1v) is 7.08. The van der Waals surface area contributed by atoms with Crippen molar-refractivity contribution in [2.75, 3.05) is 45.8 Å². The lowest BCUT2D eigenvalue weighted by Crippen LogP contribution is -2.49. The van der Waals surface area contributed by atoms with Crippen molar-refractivity contribution >= 4 is 0 Å². The van der Waals surface area contributed by atoms with Crippen LogP contribution in [0.1, 0.15) is 26.2 Å². The van der Waals surface area contributed by atoms with E-state index in [0.29, 0.717) is 12.6 Å². The van der Waals surface area contributed by atoms with Gasteiger partial charge in [-0.3, -0.25) is 4.90 Å². The Morgan fingerprint density at radius 3 is 2.53 bits per heavy atom. The summed E-state index contributed by atoms with van der Waals surface area (Å²) in [4.78, 5) is 5.10. The van der Waals surface area contributed by atoms with E-state index in [-0.39, 0.29) is 6.10 Å². The minimum absolute atomic E-state index is 0.241. The van der Waals surface area contributed by atoms with Crippen molar-refractivity contribution in [1.29, 1.82) is 0 Å². The topological polar surface area (TPSA) is 41.7 Å². The van der Waals surface area contributed by atoms with Crippen LogP contribution in [0.5, 0.6) is 0 Å². The molecule has 0 bridgehead atoms. The van der Waals surface area contributed by atoms with E-state index in [9.17, 15) is 0 Å². The van der Waals surface area contributed by atoms with E-state index in [0.717, 1.165) is 13.1 Å². The molecule has 2 unspecified atom stereocenters. The Kier molecular flexibility index (Phi) is 5.22. The molecule has 0 amide bonds. The summed E-state index contributed by atoms with van der Waals surface area (Å²) >= 11 is 0. The van der Waals surface area contributed by atoms with Crippen molar-refractivity contribution in [3.05, 3.63) is 0 Å². The average molecular weight is 241 g/mol. The molecule has 17 heavy (non-hydrogen) atoms. The lowest BCUT2D eigenvalue weighted by atomic mass is 10.2. The van der Waals surface area contributed by atoms with Gasteiger partial charge in [-0.2, -0.15) is 0 Å². The van der Waals surface area contributed by atoms with E-state index in [1.165, 1.54) is 45.4 Å². The highest BCUT2D eigenvalue weighted by molar-refractivity contribution is 4.76. The number of hydrogen-bond acceptors (Lipinski definition) is 4. The molecular formula is C13H27N3O. The largest absolute Gasteiger partial charge is 0.371 e. The lowest BCUT2D eigenvalue weighted by molar-refractivity contribution is -0.0724. The predicted molar refractivity (Wildman–Crippen MR) is 70.1 cm³/mol. The van der Waals surface area contributed by atoms with Gasteiger partial charge in [-0.05, 0) is 52.4 Å². The molecule has 0 aromatic heterocycles. The molecule has 4 heteroatoms. The van der Waals surface area contributed by atoms with Gasteiger partial charge in [-0.15, -0.1) is 0 Å². The number of nitrogens with zero attached hydrogens (tertiary/aromatic N) is 2. The van der Waals surface area contributed by atoms with Gasteiger partial charge in [-0.1, -0.05) is 0 Å². The van der Waals surface area contributed by atoms with E-state index in [1.807, 2.05) is 0 Å². The van der Waals surface area contributed by atoms with Crippen LogP contribution in [0.2, 0.25) is 0 Å². The van der Waals surface area contributed by atoms with Crippen molar-refractivity contribution in [3.63, 3.8) is 0 Å². The Bertz CT molecular complexity index is 219. The van der Waals surface area contributed by atoms with Crippen molar-refractivity contribution in [2.24, 2.45) is 5.73 Å². The van der Waals surface area contributed by atoms with Gasteiger partial charge in [0.15, 0.2) is 0 Å². The van der Waals surface area contributed by atoms with E-state index in [4.69, 9.17) is 10.5 Å². The molecule has 2 atom stereocenters. The summed E-state index contributed by atoms with van der Waals surface area (Å²) in [6, 6.07) is 0. The molecule has 2 aliphatic rings. The number of nitrogens with two attached hydrogens (primary N) is 1. The summed E-state index contributed by atoms with van der Waals surface area (Å²) in [6.07, 6.45) is 4.65. The van der Waals surface area contributed by atoms with Gasteiger partial charge < -0.3 is 15.4 Å². The molecule has 2 N–H and O–H groups in total. The molecule has 2 fully saturated rings. The van der Waals surface area contributed by atoms with Crippen molar-refractivity contribution < 1.29 is 4.74 Å². The Labute approximate surface area is 105 Å². The maximum absolute atomic E-state index is 5.77. The van der Waals surface area contributed by atoms with Crippen LogP contribution >= 0.6 is 0 Å². The molecule has 0 spiro atoms. The minimum Gasteiger partial charge on any atom is -0.371 e. The number of morpholine rings is 1. The molecule has 0 aliphatic carbocycles. The first-order chi connectivity index (χ1) is 8.28. The molecule has 0 aromatic carbocycles. The Hall–Kier alpha value is -0.160. The maximum atomic E-state index is 5.77. The van der Waals surface area contributed by atoms with Crippen LogP contribution in [0.25, 0.3) is 0 Å². The molecule has 2 heterocycles. The third kappa shape index (κ3) is 4.21. The molecule has 0 aromatic rings. The fourth-order valence-electron chi connectivity index (χ4n) is 2.98. The minimum atomic E-state index is 0.241. The van der Waals surface area contributed by atoms with E-state index >= 15 is 0 Å². The van der Waals surface area contributed by atoms with E-state index < -0.39 is 0 Å². The molecule has 2 saturated heterocycles. The van der Waals surface area contributed by atoms with Gasteiger partial charge in [0, 0.05) is 19.6 Å². The lowest BCUT2D eigenvalue weighted by Gasteiger charge is -2.36. The SMILES string of the molecule is CC1CN(CCCN2CCCC2)CC(CN)O1. The number of likely N-dealkylation sites (tertiary alicyclic amines) is 1. The summed E-state index contributed by atoms with van der Waals surface area (Å²) in [5.41, 5.74) is 5.70. The molecule has 2 rings (SSSR count). The van der Waals surface area contributed by atoms with Gasteiger partial charge in [0.1, 0.15) is 0 Å². The molecule has 0 saturated carbocycles. The molecule has 100 valence electrons. The normalized spacial score (nSPS) is 32.1. The summed E-state index contributed by atoms with van der Waals surface area (Å²) < 4.78 is 5.77. The quantitative estimate of drug-likeness (QED) is 0.762. The second-order valence-corrected chi connectivity index (χ2v) is 5.47. The van der Waals surface area contributed by atoms with Crippen LogP contribution in [0, 0.1) is 0 Å². The van der Waals surface area contributed by atoms with Crippen LogP contribution in [0.3, 0.4) is 0 Å². The standard InChI is InChI=1S/C13H27N3O/c1-12-10-16(11-13(9-14)17-12)8-4-7-15-5-2-3-6-15/h12-13H,2-11,14H2,1H3. The highest BCUT2D eigenvalue weighted by Crippen LogP contribution is 2.12. The molecule has 2 aliphatic heterocycles. The summed E-state index contributed by atoms with van der Waals surface area (Å²) in [7, 11) is 0. The van der Waals surface area contributed by atoms with Gasteiger partial charge >= 0.3 is 0 Å². The average Bonchev–Trinajstić information content (AvgIpc) is 2.81. The second kappa shape index (κ2) is 6.69. The van der Waals surface area contributed by atoms with Crippen LogP contribution in [0.15, 0.2) is 0 Å². The molecular weight excluding hydrogens is 214 g/mol. The first kappa shape index (κ1) is 13.3. The van der Waals surface area contributed by atoms with Crippen LogP contribution in [0.4, 0.5) is 0 Å². The maximum Gasteiger partial charge on any atom is 0.0828 e. The summed E-state index contributed by atoms with van der Waals surface area (Å²) in [5, 5.41) is 0. The van der Waals surface area contributed by atoms with Gasteiger partial charge in [0.25, 0.3) is 0 Å². The van der Waals surface area contributed by atoms with E-state index in [1.54, 1.807) is 0 Å². The summed E-state index contributed by atoms with van der Waals surface area (Å²) in [5.74, 6) is 0. The number of rotatable bonds is 5. The second-order valence-electron chi connectivity index (χ2n) is 5.47. The van der Waals surface area contributed by atoms with Crippen LogP contribution < -0.4 is 5.73 Å². The monoisotopic (exact) mass is 241 g/mol. The Balaban J connectivity index is 1.63. The van der Waals surface area contributed by atoms with Crippen LogP contribution in [-0.2, 0) is 4.74 Å². The van der Waals surface area contributed by atoms with Gasteiger partial charge in [0.2, 0.25) is 0 Å².